The molecule has 3 N–H and O–H groups in total. The molecule has 4 nitrogen and oxygen atoms in total. The normalized spacial score (nSPS) is 10.8. The van der Waals surface area contributed by atoms with Crippen molar-refractivity contribution in [2.24, 2.45) is 5.73 Å². The quantitative estimate of drug-likeness (QED) is 0.643. The van der Waals surface area contributed by atoms with Crippen molar-refractivity contribution in [2.75, 3.05) is 19.8 Å². The standard InChI is InChI=1S/C11H24N2O2.ClH/c1-4-11(5-2,9-12)13-10(14)7-8-15-6-3;/h4-9,12H2,1-3H3,(H,13,14);1H. The molecule has 5 heteroatoms. The number of nitrogens with two attached hydrogens (primary N) is 1. The smallest absolute Gasteiger partial charge is 0.222 e. The summed E-state index contributed by atoms with van der Waals surface area (Å²) in [5.41, 5.74) is 5.45. The zero-order valence-corrected chi connectivity index (χ0v) is 11.4. The van der Waals surface area contributed by atoms with Crippen molar-refractivity contribution in [3.05, 3.63) is 0 Å². The largest absolute Gasteiger partial charge is 0.381 e. The molecule has 0 saturated carbocycles. The molecule has 0 rings (SSSR count). The molecule has 0 heterocycles. The minimum absolute atomic E-state index is 0. The third-order valence-corrected chi connectivity index (χ3v) is 2.83. The van der Waals surface area contributed by atoms with E-state index in [-0.39, 0.29) is 23.9 Å². The minimum atomic E-state index is -0.233. The molecule has 0 aliphatic carbocycles. The summed E-state index contributed by atoms with van der Waals surface area (Å²) in [4.78, 5) is 11.6. The highest BCUT2D eigenvalue weighted by atomic mass is 35.5. The molecular weight excluding hydrogens is 228 g/mol. The van der Waals surface area contributed by atoms with Crippen LogP contribution < -0.4 is 11.1 Å². The van der Waals surface area contributed by atoms with E-state index in [0.29, 0.717) is 26.2 Å². The second-order valence-electron chi connectivity index (χ2n) is 3.69. The molecule has 0 atom stereocenters. The predicted molar refractivity (Wildman–Crippen MR) is 68.9 cm³/mol. The van der Waals surface area contributed by atoms with E-state index in [1.165, 1.54) is 0 Å². The van der Waals surface area contributed by atoms with Crippen LogP contribution in [0, 0.1) is 0 Å². The van der Waals surface area contributed by atoms with Crippen LogP contribution in [0.3, 0.4) is 0 Å². The fraction of sp³-hybridized carbons (Fsp3) is 0.909. The van der Waals surface area contributed by atoms with Gasteiger partial charge in [-0.25, -0.2) is 0 Å². The van der Waals surface area contributed by atoms with Gasteiger partial charge in [-0.05, 0) is 19.8 Å². The zero-order valence-electron chi connectivity index (χ0n) is 10.5. The summed E-state index contributed by atoms with van der Waals surface area (Å²) >= 11 is 0. The van der Waals surface area contributed by atoms with Crippen LogP contribution in [0.15, 0.2) is 0 Å². The number of carbonyl (C=O) groups is 1. The molecule has 0 aromatic rings. The maximum absolute atomic E-state index is 11.6. The van der Waals surface area contributed by atoms with E-state index in [4.69, 9.17) is 10.5 Å². The Balaban J connectivity index is 0. The van der Waals surface area contributed by atoms with E-state index in [0.717, 1.165) is 12.8 Å². The van der Waals surface area contributed by atoms with Gasteiger partial charge in [0.15, 0.2) is 0 Å². The molecule has 1 amide bonds. The van der Waals surface area contributed by atoms with Crippen LogP contribution in [0.25, 0.3) is 0 Å². The number of hydrogen-bond acceptors (Lipinski definition) is 3. The van der Waals surface area contributed by atoms with Gasteiger partial charge in [-0.2, -0.15) is 0 Å². The molecule has 0 aliphatic heterocycles. The van der Waals surface area contributed by atoms with Gasteiger partial charge in [0.1, 0.15) is 0 Å². The number of carbonyl (C=O) groups excluding carboxylic acids is 1. The first-order valence-corrected chi connectivity index (χ1v) is 5.73. The number of amides is 1. The zero-order chi connectivity index (χ0) is 11.7. The van der Waals surface area contributed by atoms with E-state index >= 15 is 0 Å². The fourth-order valence-corrected chi connectivity index (χ4v) is 1.43. The van der Waals surface area contributed by atoms with Crippen LogP contribution in [0.2, 0.25) is 0 Å². The van der Waals surface area contributed by atoms with Gasteiger partial charge >= 0.3 is 0 Å². The second-order valence-corrected chi connectivity index (χ2v) is 3.69. The average Bonchev–Trinajstić information content (AvgIpc) is 2.26. The first-order chi connectivity index (χ1) is 7.14. The SMILES string of the molecule is CCOCCC(=O)NC(CC)(CC)CN.Cl. The van der Waals surface area contributed by atoms with Gasteiger partial charge in [-0.3, -0.25) is 4.79 Å². The van der Waals surface area contributed by atoms with Gasteiger partial charge in [0.2, 0.25) is 5.91 Å². The van der Waals surface area contributed by atoms with Crippen LogP contribution in [-0.2, 0) is 9.53 Å². The van der Waals surface area contributed by atoms with Gasteiger partial charge < -0.3 is 15.8 Å². The highest BCUT2D eigenvalue weighted by Crippen LogP contribution is 2.13. The van der Waals surface area contributed by atoms with Crippen molar-refractivity contribution in [3.63, 3.8) is 0 Å². The summed E-state index contributed by atoms with van der Waals surface area (Å²) in [7, 11) is 0. The van der Waals surface area contributed by atoms with Gasteiger partial charge in [-0.1, -0.05) is 13.8 Å². The van der Waals surface area contributed by atoms with Crippen molar-refractivity contribution < 1.29 is 9.53 Å². The van der Waals surface area contributed by atoms with Crippen LogP contribution in [0.5, 0.6) is 0 Å². The lowest BCUT2D eigenvalue weighted by Crippen LogP contribution is -2.53. The summed E-state index contributed by atoms with van der Waals surface area (Å²) in [6.45, 7) is 7.62. The van der Waals surface area contributed by atoms with Crippen LogP contribution >= 0.6 is 12.4 Å². The molecule has 98 valence electrons. The molecule has 0 bridgehead atoms. The third-order valence-electron chi connectivity index (χ3n) is 2.83. The summed E-state index contributed by atoms with van der Waals surface area (Å²) in [6.07, 6.45) is 2.14. The molecule has 0 aromatic heterocycles. The topological polar surface area (TPSA) is 64.3 Å². The lowest BCUT2D eigenvalue weighted by Gasteiger charge is -2.31. The molecule has 16 heavy (non-hydrogen) atoms. The molecular formula is C11H25ClN2O2. The Labute approximate surface area is 105 Å². The van der Waals surface area contributed by atoms with Crippen LogP contribution in [0.1, 0.15) is 40.0 Å². The van der Waals surface area contributed by atoms with E-state index in [9.17, 15) is 4.79 Å². The molecule has 0 aromatic carbocycles. The lowest BCUT2D eigenvalue weighted by atomic mass is 9.93. The monoisotopic (exact) mass is 252 g/mol. The number of rotatable bonds is 8. The fourth-order valence-electron chi connectivity index (χ4n) is 1.43. The summed E-state index contributed by atoms with van der Waals surface area (Å²) in [5.74, 6) is 0.0256. The van der Waals surface area contributed by atoms with Gasteiger partial charge in [0.05, 0.1) is 12.1 Å². The third kappa shape index (κ3) is 6.30. The Morgan fingerprint density at radius 1 is 1.31 bits per heavy atom. The Morgan fingerprint density at radius 2 is 1.88 bits per heavy atom. The minimum Gasteiger partial charge on any atom is -0.381 e. The van der Waals surface area contributed by atoms with Crippen molar-refractivity contribution in [1.29, 1.82) is 0 Å². The van der Waals surface area contributed by atoms with E-state index < -0.39 is 0 Å². The molecule has 0 radical (unpaired) electrons. The van der Waals surface area contributed by atoms with E-state index in [1.807, 2.05) is 20.8 Å². The molecule has 0 saturated heterocycles. The summed E-state index contributed by atoms with van der Waals surface area (Å²) in [5, 5.41) is 2.99. The number of ether oxygens (including phenoxy) is 1. The Kier molecular flexibility index (Phi) is 11.1. The number of halogens is 1. The van der Waals surface area contributed by atoms with Crippen LogP contribution in [0.4, 0.5) is 0 Å². The number of hydrogen-bond donors (Lipinski definition) is 2. The van der Waals surface area contributed by atoms with E-state index in [2.05, 4.69) is 5.32 Å². The Hall–Kier alpha value is -0.320. The maximum Gasteiger partial charge on any atom is 0.222 e. The van der Waals surface area contributed by atoms with Gasteiger partial charge in [-0.15, -0.1) is 12.4 Å². The second kappa shape index (κ2) is 9.87. The van der Waals surface area contributed by atoms with Crippen molar-refractivity contribution in [1.82, 2.24) is 5.32 Å². The van der Waals surface area contributed by atoms with Crippen molar-refractivity contribution in [3.8, 4) is 0 Å². The number of nitrogens with one attached hydrogen (secondary N) is 1. The Morgan fingerprint density at radius 3 is 2.25 bits per heavy atom. The van der Waals surface area contributed by atoms with Gasteiger partial charge in [0, 0.05) is 19.6 Å². The van der Waals surface area contributed by atoms with Crippen LogP contribution in [-0.4, -0.2) is 31.2 Å². The first-order valence-electron chi connectivity index (χ1n) is 5.73. The van der Waals surface area contributed by atoms with Crippen molar-refractivity contribution in [2.45, 2.75) is 45.6 Å². The van der Waals surface area contributed by atoms with Gasteiger partial charge in [0.25, 0.3) is 0 Å². The van der Waals surface area contributed by atoms with Crippen molar-refractivity contribution >= 4 is 18.3 Å². The first kappa shape index (κ1) is 18.1. The average molecular weight is 253 g/mol. The molecule has 0 fully saturated rings. The summed E-state index contributed by atoms with van der Waals surface area (Å²) in [6, 6.07) is 0. The van der Waals surface area contributed by atoms with E-state index in [1.54, 1.807) is 0 Å². The Bertz CT molecular complexity index is 177. The molecule has 0 aliphatic rings. The summed E-state index contributed by atoms with van der Waals surface area (Å²) < 4.78 is 5.13. The molecule has 0 spiro atoms. The lowest BCUT2D eigenvalue weighted by molar-refractivity contribution is -0.124. The molecule has 0 unspecified atom stereocenters. The highest BCUT2D eigenvalue weighted by molar-refractivity contribution is 5.85. The highest BCUT2D eigenvalue weighted by Gasteiger charge is 2.25. The predicted octanol–water partition coefficient (Wildman–Crippen LogP) is 1.47. The maximum atomic E-state index is 11.6.